The lowest BCUT2D eigenvalue weighted by molar-refractivity contribution is 0.408. The summed E-state index contributed by atoms with van der Waals surface area (Å²) in [5, 5.41) is 4.18. The van der Waals surface area contributed by atoms with Crippen LogP contribution >= 0.6 is 11.8 Å². The molecule has 1 saturated heterocycles. The van der Waals surface area contributed by atoms with Gasteiger partial charge in [0, 0.05) is 37.2 Å². The number of aliphatic imine (C=N–C) groups is 1. The van der Waals surface area contributed by atoms with E-state index in [1.54, 1.807) is 0 Å². The Hall–Kier alpha value is -0.380. The maximum atomic E-state index is 4.65. The van der Waals surface area contributed by atoms with Crippen LogP contribution in [-0.2, 0) is 0 Å². The fourth-order valence-electron chi connectivity index (χ4n) is 1.80. The molecule has 0 aromatic carbocycles. The van der Waals surface area contributed by atoms with Gasteiger partial charge in [0.25, 0.3) is 0 Å². The average molecular weight is 243 g/mol. The molecule has 1 unspecified atom stereocenters. The number of rotatable bonds is 4. The fourth-order valence-corrected chi connectivity index (χ4v) is 2.98. The van der Waals surface area contributed by atoms with E-state index in [0.29, 0.717) is 0 Å². The first-order valence-electron chi connectivity index (χ1n) is 6.46. The molecule has 0 radical (unpaired) electrons. The van der Waals surface area contributed by atoms with Crippen LogP contribution in [0.5, 0.6) is 0 Å². The highest BCUT2D eigenvalue weighted by Crippen LogP contribution is 2.20. The quantitative estimate of drug-likeness (QED) is 0.606. The first-order valence-corrected chi connectivity index (χ1v) is 7.51. The Balaban J connectivity index is 2.55. The Morgan fingerprint density at radius 3 is 2.88 bits per heavy atom. The number of nitrogens with one attached hydrogen (secondary N) is 1. The molecule has 16 heavy (non-hydrogen) atoms. The molecule has 1 heterocycles. The van der Waals surface area contributed by atoms with Crippen LogP contribution in [0.1, 0.15) is 33.6 Å². The summed E-state index contributed by atoms with van der Waals surface area (Å²) in [5.41, 5.74) is 0. The van der Waals surface area contributed by atoms with Crippen molar-refractivity contribution in [2.75, 3.05) is 31.9 Å². The van der Waals surface area contributed by atoms with Crippen molar-refractivity contribution in [1.29, 1.82) is 0 Å². The first kappa shape index (κ1) is 13.7. The van der Waals surface area contributed by atoms with E-state index in [-0.39, 0.29) is 0 Å². The molecule has 0 amide bonds. The summed E-state index contributed by atoms with van der Waals surface area (Å²) in [4.78, 5) is 7.07. The lowest BCUT2D eigenvalue weighted by atomic mass is 10.3. The van der Waals surface area contributed by atoms with E-state index in [1.165, 1.54) is 12.2 Å². The smallest absolute Gasteiger partial charge is 0.193 e. The van der Waals surface area contributed by atoms with E-state index in [2.05, 4.69) is 47.7 Å². The number of nitrogens with zero attached hydrogens (tertiary/aromatic N) is 2. The third-order valence-corrected chi connectivity index (χ3v) is 4.09. The highest BCUT2D eigenvalue weighted by molar-refractivity contribution is 8.00. The van der Waals surface area contributed by atoms with E-state index in [4.69, 9.17) is 0 Å². The Morgan fingerprint density at radius 1 is 1.44 bits per heavy atom. The molecule has 1 rings (SSSR count). The number of thioether (sulfide) groups is 1. The second kappa shape index (κ2) is 7.82. The fraction of sp³-hybridized carbons (Fsp3) is 0.917. The molecular formula is C12H25N3S. The molecule has 94 valence electrons. The lowest BCUT2D eigenvalue weighted by Gasteiger charge is -2.34. The number of hydrogen-bond donors (Lipinski definition) is 1. The summed E-state index contributed by atoms with van der Waals surface area (Å²) in [7, 11) is 0. The van der Waals surface area contributed by atoms with E-state index in [0.717, 1.165) is 43.8 Å². The zero-order valence-electron chi connectivity index (χ0n) is 10.8. The van der Waals surface area contributed by atoms with Gasteiger partial charge < -0.3 is 10.2 Å². The van der Waals surface area contributed by atoms with Crippen LogP contribution < -0.4 is 5.32 Å². The molecule has 0 aliphatic carbocycles. The highest BCUT2D eigenvalue weighted by Gasteiger charge is 2.21. The van der Waals surface area contributed by atoms with Crippen LogP contribution in [0.3, 0.4) is 0 Å². The predicted molar refractivity (Wildman–Crippen MR) is 74.4 cm³/mol. The van der Waals surface area contributed by atoms with Gasteiger partial charge in [0.1, 0.15) is 0 Å². The summed E-state index contributed by atoms with van der Waals surface area (Å²) in [6.07, 6.45) is 2.38. The molecule has 0 saturated carbocycles. The van der Waals surface area contributed by atoms with Gasteiger partial charge >= 0.3 is 0 Å². The van der Waals surface area contributed by atoms with Crippen molar-refractivity contribution in [3.8, 4) is 0 Å². The van der Waals surface area contributed by atoms with E-state index < -0.39 is 0 Å². The summed E-state index contributed by atoms with van der Waals surface area (Å²) in [5.74, 6) is 2.35. The standard InChI is InChI=1S/C12H25N3S/c1-4-7-14-12(13-6-3)15-8-9-16-11(5-2)10-15/h11H,4-10H2,1-3H3,(H,13,14). The van der Waals surface area contributed by atoms with Gasteiger partial charge in [0.05, 0.1) is 0 Å². The zero-order valence-corrected chi connectivity index (χ0v) is 11.6. The molecule has 0 aromatic rings. The van der Waals surface area contributed by atoms with Gasteiger partial charge in [-0.15, -0.1) is 0 Å². The summed E-state index contributed by atoms with van der Waals surface area (Å²) >= 11 is 2.10. The second-order valence-electron chi connectivity index (χ2n) is 4.08. The number of hydrogen-bond acceptors (Lipinski definition) is 2. The van der Waals surface area contributed by atoms with Gasteiger partial charge in [-0.05, 0) is 19.8 Å². The van der Waals surface area contributed by atoms with Crippen molar-refractivity contribution in [3.05, 3.63) is 0 Å². The summed E-state index contributed by atoms with van der Waals surface area (Å²) in [6.45, 7) is 10.8. The molecule has 1 aliphatic rings. The molecule has 1 aliphatic heterocycles. The van der Waals surface area contributed by atoms with Crippen LogP contribution in [0.25, 0.3) is 0 Å². The normalized spacial score (nSPS) is 22.3. The second-order valence-corrected chi connectivity index (χ2v) is 5.49. The molecule has 0 spiro atoms. The van der Waals surface area contributed by atoms with Crippen LogP contribution in [0.4, 0.5) is 0 Å². The first-order chi connectivity index (χ1) is 7.81. The Labute approximate surface area is 104 Å². The summed E-state index contributed by atoms with van der Waals surface area (Å²) in [6, 6.07) is 0. The molecule has 1 fully saturated rings. The van der Waals surface area contributed by atoms with E-state index in [9.17, 15) is 0 Å². The largest absolute Gasteiger partial charge is 0.357 e. The predicted octanol–water partition coefficient (Wildman–Crippen LogP) is 2.19. The van der Waals surface area contributed by atoms with Crippen LogP contribution in [-0.4, -0.2) is 48.0 Å². The minimum absolute atomic E-state index is 0.777. The van der Waals surface area contributed by atoms with Gasteiger partial charge in [-0.3, -0.25) is 4.99 Å². The molecule has 0 bridgehead atoms. The van der Waals surface area contributed by atoms with Gasteiger partial charge in [-0.2, -0.15) is 11.8 Å². The minimum atomic E-state index is 0.777. The van der Waals surface area contributed by atoms with Gasteiger partial charge in [-0.25, -0.2) is 0 Å². The van der Waals surface area contributed by atoms with Crippen LogP contribution in [0.2, 0.25) is 0 Å². The molecular weight excluding hydrogens is 218 g/mol. The molecule has 1 N–H and O–H groups in total. The lowest BCUT2D eigenvalue weighted by Crippen LogP contribution is -2.48. The zero-order chi connectivity index (χ0) is 11.8. The molecule has 0 aromatic heterocycles. The van der Waals surface area contributed by atoms with Gasteiger partial charge in [-0.1, -0.05) is 13.8 Å². The third kappa shape index (κ3) is 4.24. The minimum Gasteiger partial charge on any atom is -0.357 e. The van der Waals surface area contributed by atoms with Crippen LogP contribution in [0.15, 0.2) is 4.99 Å². The van der Waals surface area contributed by atoms with Crippen molar-refractivity contribution >= 4 is 17.7 Å². The number of guanidine groups is 1. The van der Waals surface area contributed by atoms with Crippen LogP contribution in [0, 0.1) is 0 Å². The highest BCUT2D eigenvalue weighted by atomic mass is 32.2. The van der Waals surface area contributed by atoms with E-state index >= 15 is 0 Å². The maximum Gasteiger partial charge on any atom is 0.193 e. The average Bonchev–Trinajstić information content (AvgIpc) is 2.34. The van der Waals surface area contributed by atoms with Gasteiger partial charge in [0.2, 0.25) is 0 Å². The Bertz CT molecular complexity index is 218. The molecule has 1 atom stereocenters. The summed E-state index contributed by atoms with van der Waals surface area (Å²) < 4.78 is 0. The third-order valence-electron chi connectivity index (χ3n) is 2.71. The van der Waals surface area contributed by atoms with Crippen molar-refractivity contribution in [2.45, 2.75) is 38.9 Å². The topological polar surface area (TPSA) is 27.6 Å². The molecule has 4 heteroatoms. The Kier molecular flexibility index (Phi) is 6.69. The SMILES string of the molecule is CCCN=C(NCC)N1CCSC(CC)C1. The monoisotopic (exact) mass is 243 g/mol. The van der Waals surface area contributed by atoms with Gasteiger partial charge in [0.15, 0.2) is 5.96 Å². The van der Waals surface area contributed by atoms with Crippen molar-refractivity contribution in [1.82, 2.24) is 10.2 Å². The van der Waals surface area contributed by atoms with Crippen molar-refractivity contribution in [2.24, 2.45) is 4.99 Å². The van der Waals surface area contributed by atoms with Crippen molar-refractivity contribution < 1.29 is 0 Å². The maximum absolute atomic E-state index is 4.65. The Morgan fingerprint density at radius 2 is 2.25 bits per heavy atom. The van der Waals surface area contributed by atoms with E-state index in [1.807, 2.05) is 0 Å². The molecule has 3 nitrogen and oxygen atoms in total. The van der Waals surface area contributed by atoms with Crippen molar-refractivity contribution in [3.63, 3.8) is 0 Å².